The molecule has 0 bridgehead atoms. The van der Waals surface area contributed by atoms with Gasteiger partial charge in [-0.1, -0.05) is 103 Å². The second-order valence-electron chi connectivity index (χ2n) is 8.09. The van der Waals surface area contributed by atoms with E-state index in [4.69, 9.17) is 21.7 Å². The lowest BCUT2D eigenvalue weighted by Crippen LogP contribution is -2.27. The van der Waals surface area contributed by atoms with E-state index in [1.807, 2.05) is 72.8 Å². The van der Waals surface area contributed by atoms with Crippen molar-refractivity contribution in [3.05, 3.63) is 113 Å². The summed E-state index contributed by atoms with van der Waals surface area (Å²) in [6, 6.07) is 30.0. The monoisotopic (exact) mass is 497 g/mol. The molecule has 0 unspecified atom stereocenters. The topological polar surface area (TPSA) is 38.8 Å². The van der Waals surface area contributed by atoms with Crippen molar-refractivity contribution in [3.63, 3.8) is 0 Å². The third kappa shape index (κ3) is 5.09. The van der Waals surface area contributed by atoms with Crippen molar-refractivity contribution in [2.45, 2.75) is 13.2 Å². The highest BCUT2D eigenvalue weighted by molar-refractivity contribution is 8.26. The van der Waals surface area contributed by atoms with Crippen molar-refractivity contribution in [1.82, 2.24) is 4.90 Å². The van der Waals surface area contributed by atoms with Gasteiger partial charge in [0, 0.05) is 0 Å². The van der Waals surface area contributed by atoms with Crippen molar-refractivity contribution in [3.8, 4) is 11.5 Å². The predicted octanol–water partition coefficient (Wildman–Crippen LogP) is 6.83. The van der Waals surface area contributed by atoms with Crippen LogP contribution in [0.25, 0.3) is 16.8 Å². The number of carbonyl (C=O) groups is 1. The van der Waals surface area contributed by atoms with Crippen LogP contribution in [0.1, 0.15) is 16.7 Å². The summed E-state index contributed by atoms with van der Waals surface area (Å²) in [5, 5.41) is 2.35. The fraction of sp³-hybridized carbons (Fsp3) is 0.103. The van der Waals surface area contributed by atoms with Crippen molar-refractivity contribution in [1.29, 1.82) is 0 Å². The molecule has 0 atom stereocenters. The molecule has 4 aromatic rings. The van der Waals surface area contributed by atoms with Crippen LogP contribution in [-0.4, -0.2) is 22.2 Å². The molecule has 1 fully saturated rings. The van der Waals surface area contributed by atoms with E-state index < -0.39 is 0 Å². The molecular formula is C29H23NO3S2. The smallest absolute Gasteiger partial charge is 0.266 e. The van der Waals surface area contributed by atoms with Crippen LogP contribution in [0, 0.1) is 0 Å². The number of amides is 1. The average Bonchev–Trinajstić information content (AvgIpc) is 3.15. The van der Waals surface area contributed by atoms with Crippen LogP contribution >= 0.6 is 24.0 Å². The molecule has 0 radical (unpaired) electrons. The molecule has 35 heavy (non-hydrogen) atoms. The average molecular weight is 498 g/mol. The molecule has 4 nitrogen and oxygen atoms in total. The van der Waals surface area contributed by atoms with E-state index >= 15 is 0 Å². The van der Waals surface area contributed by atoms with Gasteiger partial charge in [0.25, 0.3) is 5.91 Å². The van der Waals surface area contributed by atoms with Crippen molar-refractivity contribution < 1.29 is 14.3 Å². The lowest BCUT2D eigenvalue weighted by molar-refractivity contribution is -0.122. The van der Waals surface area contributed by atoms with Gasteiger partial charge in [0.1, 0.15) is 10.9 Å². The third-order valence-corrected chi connectivity index (χ3v) is 7.18. The number of thioether (sulfide) groups is 1. The molecule has 4 aromatic carbocycles. The highest BCUT2D eigenvalue weighted by atomic mass is 32.2. The van der Waals surface area contributed by atoms with Crippen LogP contribution in [0.4, 0.5) is 0 Å². The van der Waals surface area contributed by atoms with E-state index in [0.717, 1.165) is 16.7 Å². The van der Waals surface area contributed by atoms with Crippen LogP contribution in [0.3, 0.4) is 0 Å². The molecule has 0 spiro atoms. The molecule has 0 N–H and O–H groups in total. The zero-order chi connectivity index (χ0) is 24.2. The first-order valence-corrected chi connectivity index (χ1v) is 12.4. The molecule has 5 rings (SSSR count). The maximum absolute atomic E-state index is 13.0. The van der Waals surface area contributed by atoms with E-state index in [9.17, 15) is 4.79 Å². The Bertz CT molecular complexity index is 1430. The molecule has 1 aliphatic rings. The minimum atomic E-state index is -0.0842. The van der Waals surface area contributed by atoms with Crippen molar-refractivity contribution >= 4 is 51.1 Å². The van der Waals surface area contributed by atoms with Gasteiger partial charge in [0.05, 0.1) is 18.6 Å². The van der Waals surface area contributed by atoms with Gasteiger partial charge in [-0.05, 0) is 45.7 Å². The number of methoxy groups -OCH3 is 1. The fourth-order valence-electron chi connectivity index (χ4n) is 4.02. The Morgan fingerprint density at radius 1 is 0.914 bits per heavy atom. The molecule has 1 amide bonds. The summed E-state index contributed by atoms with van der Waals surface area (Å²) in [5.74, 6) is 1.17. The van der Waals surface area contributed by atoms with Crippen molar-refractivity contribution in [2.24, 2.45) is 0 Å². The molecule has 6 heteroatoms. The number of ether oxygens (including phenoxy) is 2. The summed E-state index contributed by atoms with van der Waals surface area (Å²) in [6.07, 6.45) is 1.85. The Balaban J connectivity index is 1.32. The summed E-state index contributed by atoms with van der Waals surface area (Å²) in [7, 11) is 1.61. The fourth-order valence-corrected chi connectivity index (χ4v) is 5.28. The number of carbonyl (C=O) groups excluding carboxylic acids is 1. The molecule has 174 valence electrons. The number of hydrogen-bond donors (Lipinski definition) is 0. The second kappa shape index (κ2) is 10.3. The van der Waals surface area contributed by atoms with Gasteiger partial charge in [0.2, 0.25) is 0 Å². The minimum Gasteiger partial charge on any atom is -0.493 e. The van der Waals surface area contributed by atoms with E-state index in [1.54, 1.807) is 12.0 Å². The van der Waals surface area contributed by atoms with Gasteiger partial charge in [-0.25, -0.2) is 0 Å². The minimum absolute atomic E-state index is 0.0842. The largest absolute Gasteiger partial charge is 0.493 e. The Labute approximate surface area is 214 Å². The number of benzene rings is 4. The Morgan fingerprint density at radius 3 is 2.51 bits per heavy atom. The van der Waals surface area contributed by atoms with Gasteiger partial charge in [-0.15, -0.1) is 0 Å². The van der Waals surface area contributed by atoms with E-state index in [0.29, 0.717) is 33.9 Å². The third-order valence-electron chi connectivity index (χ3n) is 5.81. The predicted molar refractivity (Wildman–Crippen MR) is 146 cm³/mol. The Morgan fingerprint density at radius 2 is 1.69 bits per heavy atom. The standard InChI is InChI=1S/C29H23NO3S2/c1-32-26-16-21(17-27-28(31)30(29(34)35-27)18-20-8-3-2-4-9-20)14-15-25(26)33-19-23-12-7-11-22-10-5-6-13-24(22)23/h2-17H,18-19H2,1H3/b27-17-. The SMILES string of the molecule is COc1cc(/C=C2\SC(=S)N(Cc3ccccc3)C2=O)ccc1OCc1cccc2ccccc12. The van der Waals surface area contributed by atoms with Gasteiger partial charge >= 0.3 is 0 Å². The lowest BCUT2D eigenvalue weighted by atomic mass is 10.1. The molecule has 0 saturated carbocycles. The van der Waals surface area contributed by atoms with Crippen LogP contribution in [0.15, 0.2) is 95.9 Å². The molecule has 1 saturated heterocycles. The number of fused-ring (bicyclic) bond motifs is 1. The van der Waals surface area contributed by atoms with Crippen LogP contribution in [0.5, 0.6) is 11.5 Å². The van der Waals surface area contributed by atoms with E-state index in [2.05, 4.69) is 24.3 Å². The van der Waals surface area contributed by atoms with Gasteiger partial charge < -0.3 is 9.47 Å². The molecule has 1 aliphatic heterocycles. The first kappa shape index (κ1) is 23.1. The zero-order valence-electron chi connectivity index (χ0n) is 19.1. The zero-order valence-corrected chi connectivity index (χ0v) is 20.8. The summed E-state index contributed by atoms with van der Waals surface area (Å²) < 4.78 is 12.3. The quantitative estimate of drug-likeness (QED) is 0.207. The summed E-state index contributed by atoms with van der Waals surface area (Å²) in [4.78, 5) is 15.2. The first-order chi connectivity index (χ1) is 17.1. The maximum Gasteiger partial charge on any atom is 0.266 e. The Kier molecular flexibility index (Phi) is 6.84. The summed E-state index contributed by atoms with van der Waals surface area (Å²) >= 11 is 6.80. The van der Waals surface area contributed by atoms with E-state index in [1.165, 1.54) is 22.5 Å². The lowest BCUT2D eigenvalue weighted by Gasteiger charge is -2.14. The number of thiocarbonyl (C=S) groups is 1. The van der Waals surface area contributed by atoms with Gasteiger partial charge in [-0.3, -0.25) is 9.69 Å². The Hall–Kier alpha value is -3.61. The molecular weight excluding hydrogens is 474 g/mol. The van der Waals surface area contributed by atoms with Crippen LogP contribution < -0.4 is 9.47 Å². The van der Waals surface area contributed by atoms with Gasteiger partial charge in [-0.2, -0.15) is 0 Å². The molecule has 0 aromatic heterocycles. The van der Waals surface area contributed by atoms with Crippen molar-refractivity contribution in [2.75, 3.05) is 7.11 Å². The first-order valence-electron chi connectivity index (χ1n) is 11.2. The number of nitrogens with zero attached hydrogens (tertiary/aromatic N) is 1. The summed E-state index contributed by atoms with van der Waals surface area (Å²) in [6.45, 7) is 0.891. The number of rotatable bonds is 7. The van der Waals surface area contributed by atoms with Gasteiger partial charge in [0.15, 0.2) is 11.5 Å². The van der Waals surface area contributed by atoms with Crippen LogP contribution in [-0.2, 0) is 17.9 Å². The normalized spacial score (nSPS) is 14.7. The highest BCUT2D eigenvalue weighted by Gasteiger charge is 2.32. The molecule has 1 heterocycles. The van der Waals surface area contributed by atoms with E-state index in [-0.39, 0.29) is 5.91 Å². The second-order valence-corrected chi connectivity index (χ2v) is 9.77. The van der Waals surface area contributed by atoms with Crippen LogP contribution in [0.2, 0.25) is 0 Å². The molecule has 0 aliphatic carbocycles. The maximum atomic E-state index is 13.0. The summed E-state index contributed by atoms with van der Waals surface area (Å²) in [5.41, 5.74) is 3.00. The number of hydrogen-bond acceptors (Lipinski definition) is 5. The highest BCUT2D eigenvalue weighted by Crippen LogP contribution is 2.36.